The van der Waals surface area contributed by atoms with Gasteiger partial charge in [-0.1, -0.05) is 58.5 Å². The molecule has 0 fully saturated rings. The minimum Gasteiger partial charge on any atom is -0.325 e. The molecule has 0 atom stereocenters. The number of benzene rings is 3. The van der Waals surface area contributed by atoms with Crippen molar-refractivity contribution in [3.63, 3.8) is 0 Å². The van der Waals surface area contributed by atoms with Crippen molar-refractivity contribution in [1.82, 2.24) is 4.31 Å². The van der Waals surface area contributed by atoms with Gasteiger partial charge in [0, 0.05) is 32.3 Å². The Labute approximate surface area is 206 Å². The summed E-state index contributed by atoms with van der Waals surface area (Å²) in [6.07, 6.45) is 0. The Kier molecular flexibility index (Phi) is 8.09. The minimum atomic E-state index is -4.05. The van der Waals surface area contributed by atoms with Crippen molar-refractivity contribution < 1.29 is 13.2 Å². The summed E-state index contributed by atoms with van der Waals surface area (Å²) < 4.78 is 27.7. The Hall–Kier alpha value is -1.80. The molecule has 1 amide bonds. The summed E-state index contributed by atoms with van der Waals surface area (Å²) in [6.45, 7) is 1.25. The van der Waals surface area contributed by atoms with E-state index in [1.807, 2.05) is 6.92 Å². The third kappa shape index (κ3) is 6.16. The lowest BCUT2D eigenvalue weighted by Gasteiger charge is -2.22. The van der Waals surface area contributed by atoms with Crippen LogP contribution in [-0.2, 0) is 21.4 Å². The Morgan fingerprint density at radius 3 is 2.16 bits per heavy atom. The zero-order chi connectivity index (χ0) is 23.5. The Morgan fingerprint density at radius 1 is 0.875 bits per heavy atom. The maximum absolute atomic E-state index is 13.3. The summed E-state index contributed by atoms with van der Waals surface area (Å²) >= 11 is 24.2. The minimum absolute atomic E-state index is 0.00170. The number of nitrogens with zero attached hydrogens (tertiary/aromatic N) is 1. The summed E-state index contributed by atoms with van der Waals surface area (Å²) in [5.41, 5.74) is 1.81. The summed E-state index contributed by atoms with van der Waals surface area (Å²) in [4.78, 5) is 12.7. The van der Waals surface area contributed by atoms with Crippen LogP contribution in [-0.4, -0.2) is 25.2 Å². The lowest BCUT2D eigenvalue weighted by atomic mass is 10.2. The van der Waals surface area contributed by atoms with Gasteiger partial charge in [-0.3, -0.25) is 4.79 Å². The molecule has 3 rings (SSSR count). The van der Waals surface area contributed by atoms with E-state index in [9.17, 15) is 13.2 Å². The number of anilines is 1. The molecule has 3 aromatic rings. The summed E-state index contributed by atoms with van der Waals surface area (Å²) in [5.74, 6) is -0.535. The standard InChI is InChI=1S/C22H18Cl4N2O3S/c1-14-2-7-18(11-20(14)25)27-22(29)13-28(12-15-3-4-17(24)10-21(15)26)32(30,31)19-8-5-16(23)6-9-19/h2-11H,12-13H2,1H3,(H,27,29). The van der Waals surface area contributed by atoms with Gasteiger partial charge >= 0.3 is 0 Å². The van der Waals surface area contributed by atoms with Gasteiger partial charge in [0.1, 0.15) is 0 Å². The first-order chi connectivity index (χ1) is 15.1. The van der Waals surface area contributed by atoms with Crippen LogP contribution in [0.15, 0.2) is 65.6 Å². The Morgan fingerprint density at radius 2 is 1.53 bits per heavy atom. The van der Waals surface area contributed by atoms with E-state index in [0.29, 0.717) is 31.3 Å². The van der Waals surface area contributed by atoms with Crippen LogP contribution in [0.2, 0.25) is 20.1 Å². The molecule has 0 radical (unpaired) electrons. The number of rotatable bonds is 7. The number of hydrogen-bond acceptors (Lipinski definition) is 3. The third-order valence-electron chi connectivity index (χ3n) is 4.59. The second-order valence-corrected chi connectivity index (χ2v) is 10.6. The predicted molar refractivity (Wildman–Crippen MR) is 130 cm³/mol. The lowest BCUT2D eigenvalue weighted by molar-refractivity contribution is -0.116. The van der Waals surface area contributed by atoms with E-state index in [1.54, 1.807) is 30.3 Å². The lowest BCUT2D eigenvalue weighted by Crippen LogP contribution is -2.37. The maximum Gasteiger partial charge on any atom is 0.243 e. The van der Waals surface area contributed by atoms with Crippen LogP contribution < -0.4 is 5.32 Å². The molecule has 3 aromatic carbocycles. The van der Waals surface area contributed by atoms with Crippen LogP contribution in [0, 0.1) is 6.92 Å². The van der Waals surface area contributed by atoms with Gasteiger partial charge in [-0.2, -0.15) is 4.31 Å². The molecule has 0 aliphatic carbocycles. The van der Waals surface area contributed by atoms with Gasteiger partial charge in [0.05, 0.1) is 11.4 Å². The van der Waals surface area contributed by atoms with E-state index >= 15 is 0 Å². The molecule has 0 aliphatic heterocycles. The number of hydrogen-bond donors (Lipinski definition) is 1. The molecule has 0 aliphatic rings. The zero-order valence-corrected chi connectivity index (χ0v) is 20.6. The molecular formula is C22H18Cl4N2O3S. The van der Waals surface area contributed by atoms with E-state index in [-0.39, 0.29) is 11.4 Å². The summed E-state index contributed by atoms with van der Waals surface area (Å²) in [5, 5.41) is 4.27. The van der Waals surface area contributed by atoms with E-state index in [2.05, 4.69) is 5.32 Å². The molecule has 0 aromatic heterocycles. The van der Waals surface area contributed by atoms with Gasteiger partial charge in [0.25, 0.3) is 0 Å². The fourth-order valence-corrected chi connectivity index (χ4v) is 5.00. The largest absolute Gasteiger partial charge is 0.325 e. The number of amides is 1. The Balaban J connectivity index is 1.91. The van der Waals surface area contributed by atoms with Gasteiger partial charge < -0.3 is 5.32 Å². The van der Waals surface area contributed by atoms with E-state index in [1.165, 1.54) is 30.3 Å². The van der Waals surface area contributed by atoms with Crippen molar-refractivity contribution in [3.05, 3.63) is 91.9 Å². The highest BCUT2D eigenvalue weighted by atomic mass is 35.5. The van der Waals surface area contributed by atoms with Crippen LogP contribution in [0.5, 0.6) is 0 Å². The highest BCUT2D eigenvalue weighted by Crippen LogP contribution is 2.26. The first-order valence-corrected chi connectivity index (χ1v) is 12.3. The van der Waals surface area contributed by atoms with Gasteiger partial charge in [-0.15, -0.1) is 0 Å². The van der Waals surface area contributed by atoms with Crippen molar-refractivity contribution in [3.8, 4) is 0 Å². The molecule has 32 heavy (non-hydrogen) atoms. The first kappa shape index (κ1) is 24.8. The monoisotopic (exact) mass is 530 g/mol. The summed E-state index contributed by atoms with van der Waals surface area (Å²) in [6, 6.07) is 15.5. The second kappa shape index (κ2) is 10.4. The molecule has 5 nitrogen and oxygen atoms in total. The van der Waals surface area contributed by atoms with Crippen LogP contribution >= 0.6 is 46.4 Å². The third-order valence-corrected chi connectivity index (χ3v) is 7.64. The average molecular weight is 532 g/mol. The predicted octanol–water partition coefficient (Wildman–Crippen LogP) is 6.44. The highest BCUT2D eigenvalue weighted by Gasteiger charge is 2.27. The molecule has 10 heteroatoms. The molecule has 0 heterocycles. The fraction of sp³-hybridized carbons (Fsp3) is 0.136. The number of nitrogens with one attached hydrogen (secondary N) is 1. The molecule has 0 saturated heterocycles. The number of carbonyl (C=O) groups is 1. The number of aryl methyl sites for hydroxylation is 1. The van der Waals surface area contributed by atoms with Crippen molar-refractivity contribution >= 4 is 68.0 Å². The quantitative estimate of drug-likeness (QED) is 0.381. The van der Waals surface area contributed by atoms with E-state index in [0.717, 1.165) is 9.87 Å². The molecule has 0 unspecified atom stereocenters. The molecule has 1 N–H and O–H groups in total. The van der Waals surface area contributed by atoms with Gasteiger partial charge in [-0.05, 0) is 66.6 Å². The van der Waals surface area contributed by atoms with Gasteiger partial charge in [0.15, 0.2) is 0 Å². The average Bonchev–Trinajstić information content (AvgIpc) is 2.72. The molecule has 168 valence electrons. The van der Waals surface area contributed by atoms with Crippen molar-refractivity contribution in [1.29, 1.82) is 0 Å². The molecule has 0 bridgehead atoms. The Bertz CT molecular complexity index is 1250. The number of carbonyl (C=O) groups excluding carboxylic acids is 1. The normalized spacial score (nSPS) is 11.6. The van der Waals surface area contributed by atoms with Gasteiger partial charge in [-0.25, -0.2) is 8.42 Å². The maximum atomic E-state index is 13.3. The van der Waals surface area contributed by atoms with Crippen LogP contribution in [0.3, 0.4) is 0 Å². The number of sulfonamides is 1. The molecule has 0 spiro atoms. The van der Waals surface area contributed by atoms with Crippen LogP contribution in [0.1, 0.15) is 11.1 Å². The van der Waals surface area contributed by atoms with E-state index < -0.39 is 22.5 Å². The summed E-state index contributed by atoms with van der Waals surface area (Å²) in [7, 11) is -4.05. The van der Waals surface area contributed by atoms with Gasteiger partial charge in [0.2, 0.25) is 15.9 Å². The van der Waals surface area contributed by atoms with Crippen LogP contribution in [0.25, 0.3) is 0 Å². The van der Waals surface area contributed by atoms with Crippen molar-refractivity contribution in [2.24, 2.45) is 0 Å². The second-order valence-electron chi connectivity index (χ2n) is 6.97. The topological polar surface area (TPSA) is 66.5 Å². The van der Waals surface area contributed by atoms with Crippen molar-refractivity contribution in [2.45, 2.75) is 18.4 Å². The number of halogens is 4. The molecular weight excluding hydrogens is 514 g/mol. The first-order valence-electron chi connectivity index (χ1n) is 9.32. The molecule has 0 saturated carbocycles. The highest BCUT2D eigenvalue weighted by molar-refractivity contribution is 7.89. The van der Waals surface area contributed by atoms with Crippen LogP contribution in [0.4, 0.5) is 5.69 Å². The fourth-order valence-electron chi connectivity index (χ4n) is 2.85. The van der Waals surface area contributed by atoms with E-state index in [4.69, 9.17) is 46.4 Å². The smallest absolute Gasteiger partial charge is 0.243 e. The zero-order valence-electron chi connectivity index (χ0n) is 16.8. The SMILES string of the molecule is Cc1ccc(NC(=O)CN(Cc2ccc(Cl)cc2Cl)S(=O)(=O)c2ccc(Cl)cc2)cc1Cl. The van der Waals surface area contributed by atoms with Crippen molar-refractivity contribution in [2.75, 3.05) is 11.9 Å².